The molecule has 2 rings (SSSR count). The lowest BCUT2D eigenvalue weighted by molar-refractivity contribution is 0.112. The number of rotatable bonds is 2. The number of hydrogen-bond donors (Lipinski definition) is 0. The molecule has 1 heterocycles. The van der Waals surface area contributed by atoms with Gasteiger partial charge in [-0.05, 0) is 24.3 Å². The number of pyridine rings is 1. The van der Waals surface area contributed by atoms with Gasteiger partial charge in [-0.15, -0.1) is 0 Å². The first-order valence-corrected chi connectivity index (χ1v) is 5.26. The van der Waals surface area contributed by atoms with Crippen molar-refractivity contribution in [3.05, 3.63) is 52.6 Å². The number of carbonyl (C=O) groups excluding carboxylic acids is 1. The Bertz CT molecular complexity index is 479. The van der Waals surface area contributed by atoms with E-state index in [9.17, 15) is 4.79 Å². The van der Waals surface area contributed by atoms with Gasteiger partial charge >= 0.3 is 0 Å². The van der Waals surface area contributed by atoms with E-state index in [1.165, 1.54) is 0 Å². The van der Waals surface area contributed by atoms with E-state index >= 15 is 0 Å². The Morgan fingerprint density at radius 1 is 1.20 bits per heavy atom. The molecule has 3 heteroatoms. The molecule has 0 radical (unpaired) electrons. The van der Waals surface area contributed by atoms with Crippen LogP contribution in [0.15, 0.2) is 47.1 Å². The summed E-state index contributed by atoms with van der Waals surface area (Å²) in [6.45, 7) is 0. The third kappa shape index (κ3) is 2.30. The summed E-state index contributed by atoms with van der Waals surface area (Å²) < 4.78 is 1.02. The molecule has 0 amide bonds. The molecular formula is C12H8BrNO. The minimum atomic E-state index is 0.591. The molecule has 0 spiro atoms. The van der Waals surface area contributed by atoms with Crippen LogP contribution in [-0.2, 0) is 0 Å². The van der Waals surface area contributed by atoms with E-state index in [0.717, 1.165) is 22.0 Å². The lowest BCUT2D eigenvalue weighted by Crippen LogP contribution is -1.86. The van der Waals surface area contributed by atoms with Crippen LogP contribution in [0.1, 0.15) is 10.4 Å². The van der Waals surface area contributed by atoms with E-state index < -0.39 is 0 Å². The third-order valence-electron chi connectivity index (χ3n) is 2.04. The molecule has 0 unspecified atom stereocenters. The van der Waals surface area contributed by atoms with Crippen LogP contribution in [-0.4, -0.2) is 11.3 Å². The molecule has 1 aromatic heterocycles. The number of aldehydes is 1. The largest absolute Gasteiger partial charge is 0.298 e. The molecule has 0 N–H and O–H groups in total. The topological polar surface area (TPSA) is 30.0 Å². The van der Waals surface area contributed by atoms with Crippen LogP contribution in [0.5, 0.6) is 0 Å². The quantitative estimate of drug-likeness (QED) is 0.777. The van der Waals surface area contributed by atoms with E-state index in [0.29, 0.717) is 5.56 Å². The summed E-state index contributed by atoms with van der Waals surface area (Å²) in [5.41, 5.74) is 2.48. The van der Waals surface area contributed by atoms with Crippen LogP contribution in [0.25, 0.3) is 11.3 Å². The van der Waals surface area contributed by atoms with Crippen LogP contribution >= 0.6 is 15.9 Å². The number of hydrogen-bond acceptors (Lipinski definition) is 2. The average molecular weight is 262 g/mol. The Morgan fingerprint density at radius 3 is 2.67 bits per heavy atom. The molecule has 0 aliphatic carbocycles. The monoisotopic (exact) mass is 261 g/mol. The van der Waals surface area contributed by atoms with Crippen LogP contribution in [0, 0.1) is 0 Å². The first kappa shape index (κ1) is 10.1. The maximum absolute atomic E-state index is 10.5. The van der Waals surface area contributed by atoms with Crippen molar-refractivity contribution < 1.29 is 4.79 Å². The van der Waals surface area contributed by atoms with Crippen molar-refractivity contribution in [3.8, 4) is 11.3 Å². The molecule has 2 aromatic rings. The first-order chi connectivity index (χ1) is 7.29. The van der Waals surface area contributed by atoms with Gasteiger partial charge in [0.15, 0.2) is 6.29 Å². The molecule has 1 aromatic carbocycles. The van der Waals surface area contributed by atoms with Gasteiger partial charge in [0.25, 0.3) is 0 Å². The van der Waals surface area contributed by atoms with Crippen molar-refractivity contribution in [2.45, 2.75) is 0 Å². The third-order valence-corrected chi connectivity index (χ3v) is 2.54. The van der Waals surface area contributed by atoms with Crippen LogP contribution in [0.3, 0.4) is 0 Å². The highest BCUT2D eigenvalue weighted by molar-refractivity contribution is 9.10. The van der Waals surface area contributed by atoms with Gasteiger partial charge in [0.05, 0.1) is 5.69 Å². The predicted molar refractivity (Wildman–Crippen MR) is 62.8 cm³/mol. The second-order valence-corrected chi connectivity index (χ2v) is 4.02. The second kappa shape index (κ2) is 4.36. The van der Waals surface area contributed by atoms with Gasteiger partial charge in [0.2, 0.25) is 0 Å². The van der Waals surface area contributed by atoms with Gasteiger partial charge in [-0.1, -0.05) is 28.1 Å². The predicted octanol–water partition coefficient (Wildman–Crippen LogP) is 3.32. The standard InChI is InChI=1S/C12H8BrNO/c13-11-3-1-2-10(6-11)12-5-4-9(8-15)7-14-12/h1-8H. The Hall–Kier alpha value is -1.48. The van der Waals surface area contributed by atoms with Crippen molar-refractivity contribution in [1.29, 1.82) is 0 Å². The number of nitrogens with zero attached hydrogens (tertiary/aromatic N) is 1. The van der Waals surface area contributed by atoms with Crippen molar-refractivity contribution in [2.75, 3.05) is 0 Å². The molecular weight excluding hydrogens is 254 g/mol. The highest BCUT2D eigenvalue weighted by Gasteiger charge is 1.99. The molecule has 0 bridgehead atoms. The molecule has 0 saturated carbocycles. The first-order valence-electron chi connectivity index (χ1n) is 4.47. The summed E-state index contributed by atoms with van der Waals surface area (Å²) in [7, 11) is 0. The fourth-order valence-electron chi connectivity index (χ4n) is 1.29. The van der Waals surface area contributed by atoms with Crippen molar-refractivity contribution in [3.63, 3.8) is 0 Å². The minimum Gasteiger partial charge on any atom is -0.298 e. The average Bonchev–Trinajstić information content (AvgIpc) is 2.29. The summed E-state index contributed by atoms with van der Waals surface area (Å²) in [5, 5.41) is 0. The molecule has 2 nitrogen and oxygen atoms in total. The summed E-state index contributed by atoms with van der Waals surface area (Å²) >= 11 is 3.40. The molecule has 0 saturated heterocycles. The number of carbonyl (C=O) groups is 1. The lowest BCUT2D eigenvalue weighted by atomic mass is 10.1. The summed E-state index contributed by atoms with van der Waals surface area (Å²) in [6.07, 6.45) is 2.36. The lowest BCUT2D eigenvalue weighted by Gasteiger charge is -2.00. The molecule has 74 valence electrons. The van der Waals surface area contributed by atoms with Gasteiger partial charge in [0.1, 0.15) is 0 Å². The van der Waals surface area contributed by atoms with Gasteiger partial charge in [-0.2, -0.15) is 0 Å². The van der Waals surface area contributed by atoms with Crippen LogP contribution < -0.4 is 0 Å². The number of benzene rings is 1. The molecule has 0 aliphatic heterocycles. The Kier molecular flexibility index (Phi) is 2.92. The highest BCUT2D eigenvalue weighted by atomic mass is 79.9. The van der Waals surface area contributed by atoms with Crippen LogP contribution in [0.4, 0.5) is 0 Å². The Morgan fingerprint density at radius 2 is 2.07 bits per heavy atom. The van der Waals surface area contributed by atoms with Crippen molar-refractivity contribution in [2.24, 2.45) is 0 Å². The summed E-state index contributed by atoms with van der Waals surface area (Å²) in [6, 6.07) is 11.5. The zero-order valence-corrected chi connectivity index (χ0v) is 9.44. The Balaban J connectivity index is 2.41. The summed E-state index contributed by atoms with van der Waals surface area (Å²) in [4.78, 5) is 14.7. The van der Waals surface area contributed by atoms with E-state index in [-0.39, 0.29) is 0 Å². The second-order valence-electron chi connectivity index (χ2n) is 3.10. The van der Waals surface area contributed by atoms with E-state index in [1.54, 1.807) is 12.3 Å². The molecule has 15 heavy (non-hydrogen) atoms. The van der Waals surface area contributed by atoms with Crippen molar-refractivity contribution >= 4 is 22.2 Å². The van der Waals surface area contributed by atoms with Gasteiger partial charge < -0.3 is 0 Å². The van der Waals surface area contributed by atoms with Crippen molar-refractivity contribution in [1.82, 2.24) is 4.98 Å². The fraction of sp³-hybridized carbons (Fsp3) is 0. The number of halogens is 1. The normalized spacial score (nSPS) is 9.93. The summed E-state index contributed by atoms with van der Waals surface area (Å²) in [5.74, 6) is 0. The smallest absolute Gasteiger partial charge is 0.151 e. The van der Waals surface area contributed by atoms with Crippen LogP contribution in [0.2, 0.25) is 0 Å². The molecule has 0 atom stereocenters. The fourth-order valence-corrected chi connectivity index (χ4v) is 1.69. The van der Waals surface area contributed by atoms with E-state index in [1.807, 2.05) is 30.3 Å². The number of aromatic nitrogens is 1. The van der Waals surface area contributed by atoms with E-state index in [2.05, 4.69) is 20.9 Å². The zero-order chi connectivity index (χ0) is 10.7. The van der Waals surface area contributed by atoms with Gasteiger partial charge in [0, 0.05) is 21.8 Å². The molecule has 0 fully saturated rings. The van der Waals surface area contributed by atoms with Gasteiger partial charge in [-0.3, -0.25) is 9.78 Å². The Labute approximate surface area is 96.1 Å². The highest BCUT2D eigenvalue weighted by Crippen LogP contribution is 2.20. The minimum absolute atomic E-state index is 0.591. The van der Waals surface area contributed by atoms with Gasteiger partial charge in [-0.25, -0.2) is 0 Å². The molecule has 0 aliphatic rings. The SMILES string of the molecule is O=Cc1ccc(-c2cccc(Br)c2)nc1. The maximum Gasteiger partial charge on any atom is 0.151 e. The maximum atomic E-state index is 10.5. The van der Waals surface area contributed by atoms with E-state index in [4.69, 9.17) is 0 Å². The zero-order valence-electron chi connectivity index (χ0n) is 7.85.